The van der Waals surface area contributed by atoms with Gasteiger partial charge in [0.05, 0.1) is 6.04 Å². The first-order valence-electron chi connectivity index (χ1n) is 7.05. The molecule has 1 atom stereocenters. The fraction of sp³-hybridized carbons (Fsp3) is 0.294. The number of amides is 1. The molecule has 1 aromatic heterocycles. The Balaban J connectivity index is 1.87. The van der Waals surface area contributed by atoms with Crippen LogP contribution in [0.4, 0.5) is 0 Å². The molecule has 2 rings (SSSR count). The van der Waals surface area contributed by atoms with Crippen LogP contribution in [0.1, 0.15) is 39.3 Å². The Morgan fingerprint density at radius 1 is 1.18 bits per heavy atom. The molecule has 1 amide bonds. The third-order valence-electron chi connectivity index (χ3n) is 3.41. The zero-order valence-corrected chi connectivity index (χ0v) is 13.7. The van der Waals surface area contributed by atoms with E-state index in [-0.39, 0.29) is 18.6 Å². The number of rotatable bonds is 5. The lowest BCUT2D eigenvalue weighted by molar-refractivity contribution is -0.124. The summed E-state index contributed by atoms with van der Waals surface area (Å²) in [6.45, 7) is 5.48. The Bertz CT molecular complexity index is 678. The predicted molar refractivity (Wildman–Crippen MR) is 87.1 cm³/mol. The molecule has 1 aromatic carbocycles. The molecule has 0 fully saturated rings. The van der Waals surface area contributed by atoms with E-state index in [1.807, 2.05) is 56.5 Å². The highest BCUT2D eigenvalue weighted by molar-refractivity contribution is 7.12. The maximum atomic E-state index is 11.9. The van der Waals surface area contributed by atoms with E-state index in [0.29, 0.717) is 4.88 Å². The predicted octanol–water partition coefficient (Wildman–Crippen LogP) is 3.40. The third-order valence-corrected chi connectivity index (χ3v) is 4.41. The molecule has 0 spiro atoms. The molecule has 22 heavy (non-hydrogen) atoms. The second-order valence-corrected chi connectivity index (χ2v) is 6.07. The number of ether oxygens (including phenoxy) is 1. The molecule has 0 aliphatic rings. The Kier molecular flexibility index (Phi) is 5.33. The second-order valence-electron chi connectivity index (χ2n) is 5.15. The van der Waals surface area contributed by atoms with E-state index in [1.54, 1.807) is 0 Å². The molecule has 116 valence electrons. The highest BCUT2D eigenvalue weighted by atomic mass is 32.1. The van der Waals surface area contributed by atoms with Crippen molar-refractivity contribution in [2.45, 2.75) is 26.8 Å². The summed E-state index contributed by atoms with van der Waals surface area (Å²) < 4.78 is 5.06. The zero-order valence-electron chi connectivity index (χ0n) is 12.9. The van der Waals surface area contributed by atoms with Crippen LogP contribution in [0.3, 0.4) is 0 Å². The maximum Gasteiger partial charge on any atom is 0.349 e. The van der Waals surface area contributed by atoms with Crippen molar-refractivity contribution in [3.63, 3.8) is 0 Å². The SMILES string of the molecule is Cc1ccccc1C(C)NC(=O)COC(=O)c1sccc1C. The lowest BCUT2D eigenvalue weighted by Crippen LogP contribution is -2.31. The summed E-state index contributed by atoms with van der Waals surface area (Å²) in [7, 11) is 0. The molecular formula is C17H19NO3S. The van der Waals surface area contributed by atoms with Crippen LogP contribution in [0.25, 0.3) is 0 Å². The fourth-order valence-corrected chi connectivity index (χ4v) is 3.03. The van der Waals surface area contributed by atoms with Gasteiger partial charge in [-0.05, 0) is 48.9 Å². The van der Waals surface area contributed by atoms with E-state index in [4.69, 9.17) is 4.74 Å². The Labute approximate surface area is 134 Å². The van der Waals surface area contributed by atoms with Crippen molar-refractivity contribution < 1.29 is 14.3 Å². The summed E-state index contributed by atoms with van der Waals surface area (Å²) in [5.74, 6) is -0.760. The van der Waals surface area contributed by atoms with E-state index in [1.165, 1.54) is 11.3 Å². The summed E-state index contributed by atoms with van der Waals surface area (Å²) in [4.78, 5) is 24.3. The molecule has 4 nitrogen and oxygen atoms in total. The van der Waals surface area contributed by atoms with E-state index < -0.39 is 5.97 Å². The summed E-state index contributed by atoms with van der Waals surface area (Å²) in [5.41, 5.74) is 3.03. The summed E-state index contributed by atoms with van der Waals surface area (Å²) in [6, 6.07) is 9.58. The number of benzene rings is 1. The van der Waals surface area contributed by atoms with Gasteiger partial charge in [0.2, 0.25) is 0 Å². The Morgan fingerprint density at radius 3 is 2.55 bits per heavy atom. The van der Waals surface area contributed by atoms with Gasteiger partial charge in [0.1, 0.15) is 4.88 Å². The van der Waals surface area contributed by atoms with E-state index in [9.17, 15) is 9.59 Å². The van der Waals surface area contributed by atoms with Crippen LogP contribution in [0, 0.1) is 13.8 Å². The summed E-state index contributed by atoms with van der Waals surface area (Å²) in [5, 5.41) is 4.67. The first-order valence-corrected chi connectivity index (χ1v) is 7.93. The average Bonchev–Trinajstić information content (AvgIpc) is 2.91. The molecule has 0 aliphatic heterocycles. The van der Waals surface area contributed by atoms with Gasteiger partial charge < -0.3 is 10.1 Å². The van der Waals surface area contributed by atoms with Gasteiger partial charge in [0.15, 0.2) is 6.61 Å². The Morgan fingerprint density at radius 2 is 1.91 bits per heavy atom. The standard InChI is InChI=1S/C17H19NO3S/c1-11-6-4-5-7-14(11)13(3)18-15(19)10-21-17(20)16-12(2)8-9-22-16/h4-9,13H,10H2,1-3H3,(H,18,19). The highest BCUT2D eigenvalue weighted by Crippen LogP contribution is 2.17. The molecule has 1 unspecified atom stereocenters. The van der Waals surface area contributed by atoms with Crippen LogP contribution in [0.15, 0.2) is 35.7 Å². The molecule has 5 heteroatoms. The largest absolute Gasteiger partial charge is 0.451 e. The van der Waals surface area contributed by atoms with E-state index in [2.05, 4.69) is 5.32 Å². The van der Waals surface area contributed by atoms with Gasteiger partial charge in [0.25, 0.3) is 5.91 Å². The summed E-state index contributed by atoms with van der Waals surface area (Å²) in [6.07, 6.45) is 0. The van der Waals surface area contributed by atoms with Crippen molar-refractivity contribution in [2.24, 2.45) is 0 Å². The lowest BCUT2D eigenvalue weighted by Gasteiger charge is -2.16. The minimum Gasteiger partial charge on any atom is -0.451 e. The minimum absolute atomic E-state index is 0.129. The molecule has 1 heterocycles. The normalized spacial score (nSPS) is 11.8. The highest BCUT2D eigenvalue weighted by Gasteiger charge is 2.16. The van der Waals surface area contributed by atoms with Crippen LogP contribution < -0.4 is 5.32 Å². The van der Waals surface area contributed by atoms with Gasteiger partial charge in [-0.2, -0.15) is 0 Å². The van der Waals surface area contributed by atoms with Gasteiger partial charge in [0, 0.05) is 0 Å². The zero-order chi connectivity index (χ0) is 16.1. The number of thiophene rings is 1. The molecule has 0 saturated heterocycles. The van der Waals surface area contributed by atoms with Crippen LogP contribution in [0.2, 0.25) is 0 Å². The van der Waals surface area contributed by atoms with E-state index in [0.717, 1.165) is 16.7 Å². The van der Waals surface area contributed by atoms with Crippen molar-refractivity contribution >= 4 is 23.2 Å². The van der Waals surface area contributed by atoms with Crippen molar-refractivity contribution in [3.05, 3.63) is 57.3 Å². The first-order chi connectivity index (χ1) is 10.5. The quantitative estimate of drug-likeness (QED) is 0.860. The monoisotopic (exact) mass is 317 g/mol. The maximum absolute atomic E-state index is 11.9. The Hall–Kier alpha value is -2.14. The van der Waals surface area contributed by atoms with Crippen LogP contribution in [-0.2, 0) is 9.53 Å². The van der Waals surface area contributed by atoms with Crippen molar-refractivity contribution in [2.75, 3.05) is 6.61 Å². The smallest absolute Gasteiger partial charge is 0.349 e. The van der Waals surface area contributed by atoms with Gasteiger partial charge in [-0.1, -0.05) is 24.3 Å². The lowest BCUT2D eigenvalue weighted by atomic mass is 10.0. The van der Waals surface area contributed by atoms with Gasteiger partial charge in [-0.25, -0.2) is 4.79 Å². The molecular weight excluding hydrogens is 298 g/mol. The number of esters is 1. The minimum atomic E-state index is -0.453. The first kappa shape index (κ1) is 16.2. The van der Waals surface area contributed by atoms with Crippen LogP contribution in [0.5, 0.6) is 0 Å². The van der Waals surface area contributed by atoms with Crippen molar-refractivity contribution in [1.29, 1.82) is 0 Å². The number of carbonyl (C=O) groups excluding carboxylic acids is 2. The number of aryl methyl sites for hydroxylation is 2. The van der Waals surface area contributed by atoms with Gasteiger partial charge in [-0.3, -0.25) is 4.79 Å². The van der Waals surface area contributed by atoms with Crippen molar-refractivity contribution in [3.8, 4) is 0 Å². The van der Waals surface area contributed by atoms with Gasteiger partial charge in [-0.15, -0.1) is 11.3 Å². The van der Waals surface area contributed by atoms with Crippen LogP contribution in [-0.4, -0.2) is 18.5 Å². The molecule has 2 aromatic rings. The fourth-order valence-electron chi connectivity index (χ4n) is 2.21. The third kappa shape index (κ3) is 3.95. The molecule has 0 aliphatic carbocycles. The van der Waals surface area contributed by atoms with Crippen molar-refractivity contribution in [1.82, 2.24) is 5.32 Å². The number of hydrogen-bond donors (Lipinski definition) is 1. The number of nitrogens with one attached hydrogen (secondary N) is 1. The second kappa shape index (κ2) is 7.22. The average molecular weight is 317 g/mol. The topological polar surface area (TPSA) is 55.4 Å². The summed E-state index contributed by atoms with van der Waals surface area (Å²) >= 11 is 1.32. The number of hydrogen-bond acceptors (Lipinski definition) is 4. The van der Waals surface area contributed by atoms with E-state index >= 15 is 0 Å². The number of carbonyl (C=O) groups is 2. The van der Waals surface area contributed by atoms with Crippen LogP contribution >= 0.6 is 11.3 Å². The molecule has 0 saturated carbocycles. The van der Waals surface area contributed by atoms with Gasteiger partial charge >= 0.3 is 5.97 Å². The molecule has 0 bridgehead atoms. The molecule has 0 radical (unpaired) electrons. The molecule has 1 N–H and O–H groups in total.